The van der Waals surface area contributed by atoms with E-state index in [1.807, 2.05) is 0 Å². The van der Waals surface area contributed by atoms with Crippen molar-refractivity contribution in [3.63, 3.8) is 0 Å². The number of unbranched alkanes of at least 4 members (excludes halogenated alkanes) is 11. The van der Waals surface area contributed by atoms with Crippen LogP contribution in [-0.4, -0.2) is 54.0 Å². The molecule has 7 nitrogen and oxygen atoms in total. The molecule has 0 aromatic heterocycles. The third kappa shape index (κ3) is 30.1. The number of aliphatic carboxylic acids is 2. The van der Waals surface area contributed by atoms with Gasteiger partial charge in [0.15, 0.2) is 0 Å². The van der Waals surface area contributed by atoms with Crippen LogP contribution in [0, 0.1) is 0 Å². The first-order chi connectivity index (χ1) is 15.0. The molecule has 0 amide bonds. The predicted octanol–water partition coefficient (Wildman–Crippen LogP) is -3.07. The van der Waals surface area contributed by atoms with Gasteiger partial charge in [-0.1, -0.05) is 70.4 Å². The second-order valence-electron chi connectivity index (χ2n) is 8.09. The van der Waals surface area contributed by atoms with Crippen molar-refractivity contribution < 1.29 is 84.0 Å². The second-order valence-corrected chi connectivity index (χ2v) is 8.09. The van der Waals surface area contributed by atoms with Crippen molar-refractivity contribution in [1.29, 1.82) is 0 Å². The zero-order valence-electron chi connectivity index (χ0n) is 21.4. The summed E-state index contributed by atoms with van der Waals surface area (Å²) in [7, 11) is 0. The molecule has 1 N–H and O–H groups in total. The van der Waals surface area contributed by atoms with Crippen LogP contribution in [-0.2, 0) is 9.59 Å². The average molecular weight is 485 g/mol. The maximum Gasteiger partial charge on any atom is 1.00 e. The molecule has 0 aliphatic heterocycles. The Kier molecular flexibility index (Phi) is 32.3. The molecule has 0 atom stereocenters. The Hall–Kier alpha value is 0.110. The summed E-state index contributed by atoms with van der Waals surface area (Å²) >= 11 is 0. The van der Waals surface area contributed by atoms with Crippen molar-refractivity contribution >= 4 is 17.8 Å². The summed E-state index contributed by atoms with van der Waals surface area (Å²) in [4.78, 5) is 26.4. The maximum absolute atomic E-state index is 11.8. The third-order valence-corrected chi connectivity index (χ3v) is 5.07. The number of allylic oxidation sites excluding steroid dienone is 2. The number of rotatable bonds is 22. The van der Waals surface area contributed by atoms with Crippen LogP contribution in [0.25, 0.3) is 0 Å². The van der Waals surface area contributed by atoms with Crippen LogP contribution in [0.15, 0.2) is 17.1 Å². The van der Waals surface area contributed by atoms with Gasteiger partial charge in [-0.05, 0) is 44.4 Å². The summed E-state index contributed by atoms with van der Waals surface area (Å²) < 4.78 is 0. The van der Waals surface area contributed by atoms with Crippen LogP contribution < -0.4 is 69.3 Å². The minimum atomic E-state index is -1.35. The topological polar surface area (TPSA) is 116 Å². The van der Waals surface area contributed by atoms with Crippen molar-refractivity contribution in [1.82, 2.24) is 4.90 Å². The van der Waals surface area contributed by atoms with Crippen molar-refractivity contribution in [3.05, 3.63) is 12.2 Å². The van der Waals surface area contributed by atoms with Crippen LogP contribution in [0.2, 0.25) is 0 Å². The number of hydrogen-bond acceptors (Lipinski definition) is 6. The molecule has 0 aliphatic rings. The van der Waals surface area contributed by atoms with Crippen molar-refractivity contribution in [3.8, 4) is 0 Å². The Bertz CT molecular complexity index is 515. The molecule has 0 saturated heterocycles. The standard InChI is InChI=1S/C24H44N2O5.2Na/c1-2-3-4-5-6-7-8-9-10-11-12-13-14-15-16-17-22(27)25-18-19-26(20-23(28)29)21-24(30)31;;/h9-10H,2-8,11-21H2,1H3,(H,25,27)(H,28,29)(H,30,31);;/q;2*+1/p-2/b10-9-;;. The quantitative estimate of drug-likeness (QED) is 0.0573. The molecule has 0 bridgehead atoms. The Labute approximate surface area is 245 Å². The molecule has 0 fully saturated rings. The first kappa shape index (κ1) is 37.7. The Balaban J connectivity index is -0.00000450. The largest absolute Gasteiger partial charge is 1.00 e. The Morgan fingerprint density at radius 3 is 1.85 bits per heavy atom. The van der Waals surface area contributed by atoms with Crippen LogP contribution in [0.1, 0.15) is 96.8 Å². The number of aliphatic imine (C=N–C) groups is 1. The summed E-state index contributed by atoms with van der Waals surface area (Å²) in [6.07, 6.45) is 20.6. The molecule has 0 rings (SSSR count). The maximum atomic E-state index is 11.8. The Morgan fingerprint density at radius 2 is 1.33 bits per heavy atom. The molecule has 9 heteroatoms. The van der Waals surface area contributed by atoms with Gasteiger partial charge in [0.25, 0.3) is 0 Å². The van der Waals surface area contributed by atoms with Crippen LogP contribution in [0.4, 0.5) is 0 Å². The number of carbonyl (C=O) groups is 2. The van der Waals surface area contributed by atoms with E-state index in [1.165, 1.54) is 62.7 Å². The molecular weight excluding hydrogens is 442 g/mol. The number of hydrogen-bond donors (Lipinski definition) is 1. The van der Waals surface area contributed by atoms with Gasteiger partial charge in [0.2, 0.25) is 0 Å². The van der Waals surface area contributed by atoms with Crippen LogP contribution in [0.3, 0.4) is 0 Å². The fourth-order valence-corrected chi connectivity index (χ4v) is 3.33. The van der Waals surface area contributed by atoms with Crippen molar-refractivity contribution in [2.45, 2.75) is 96.8 Å². The molecule has 0 heterocycles. The molecule has 180 valence electrons. The SMILES string of the molecule is CCCCCCCC/C=C\CCCCCCCC([O-])=NCCN(CC(=O)[O-])CC(=O)O.[Na+].[Na+]. The van der Waals surface area contributed by atoms with E-state index >= 15 is 0 Å². The van der Waals surface area contributed by atoms with Gasteiger partial charge in [-0.15, -0.1) is 0 Å². The van der Waals surface area contributed by atoms with E-state index < -0.39 is 25.0 Å². The Morgan fingerprint density at radius 1 is 0.818 bits per heavy atom. The van der Waals surface area contributed by atoms with E-state index in [-0.39, 0.29) is 78.1 Å². The summed E-state index contributed by atoms with van der Waals surface area (Å²) in [5, 5.41) is 31.1. The van der Waals surface area contributed by atoms with E-state index in [0.29, 0.717) is 6.42 Å². The van der Waals surface area contributed by atoms with Gasteiger partial charge in [-0.2, -0.15) is 0 Å². The van der Waals surface area contributed by atoms with E-state index in [4.69, 9.17) is 5.11 Å². The van der Waals surface area contributed by atoms with Crippen LogP contribution >= 0.6 is 0 Å². The van der Waals surface area contributed by atoms with E-state index in [1.54, 1.807) is 0 Å². The zero-order valence-corrected chi connectivity index (χ0v) is 25.4. The van der Waals surface area contributed by atoms with Crippen molar-refractivity contribution in [2.24, 2.45) is 4.99 Å². The van der Waals surface area contributed by atoms with E-state index in [0.717, 1.165) is 25.7 Å². The first-order valence-corrected chi connectivity index (χ1v) is 11.9. The van der Waals surface area contributed by atoms with Crippen molar-refractivity contribution in [2.75, 3.05) is 26.2 Å². The fraction of sp³-hybridized carbons (Fsp3) is 0.792. The van der Waals surface area contributed by atoms with Gasteiger partial charge in [0.1, 0.15) is 0 Å². The van der Waals surface area contributed by atoms with Gasteiger partial charge in [-0.25, -0.2) is 0 Å². The number of carboxylic acids is 2. The molecular formula is C24H42N2Na2O5. The fourth-order valence-electron chi connectivity index (χ4n) is 3.33. The number of carbonyl (C=O) groups excluding carboxylic acids is 1. The van der Waals surface area contributed by atoms with Gasteiger partial charge in [-0.3, -0.25) is 9.69 Å². The molecule has 0 aliphatic carbocycles. The monoisotopic (exact) mass is 484 g/mol. The third-order valence-electron chi connectivity index (χ3n) is 5.07. The van der Waals surface area contributed by atoms with Crippen LogP contribution in [0.5, 0.6) is 0 Å². The summed E-state index contributed by atoms with van der Waals surface area (Å²) in [5.41, 5.74) is 0. The van der Waals surface area contributed by atoms with Gasteiger partial charge in [0.05, 0.1) is 19.1 Å². The minimum absolute atomic E-state index is 0. The van der Waals surface area contributed by atoms with E-state index in [9.17, 15) is 19.8 Å². The van der Waals surface area contributed by atoms with Gasteiger partial charge in [0, 0.05) is 13.1 Å². The average Bonchev–Trinajstić information content (AvgIpc) is 2.70. The molecule has 0 unspecified atom stereocenters. The van der Waals surface area contributed by atoms with E-state index in [2.05, 4.69) is 24.1 Å². The molecule has 0 aromatic rings. The van der Waals surface area contributed by atoms with Gasteiger partial charge >= 0.3 is 65.1 Å². The number of carboxylic acid groups (broad SMARTS) is 2. The molecule has 0 spiro atoms. The number of nitrogens with zero attached hydrogens (tertiary/aromatic N) is 2. The first-order valence-electron chi connectivity index (χ1n) is 11.9. The normalized spacial score (nSPS) is 11.4. The molecule has 0 radical (unpaired) electrons. The predicted molar refractivity (Wildman–Crippen MR) is 121 cm³/mol. The summed E-state index contributed by atoms with van der Waals surface area (Å²) in [6, 6.07) is 0. The minimum Gasteiger partial charge on any atom is -0.862 e. The van der Waals surface area contributed by atoms with Gasteiger partial charge < -0.3 is 25.1 Å². The molecule has 33 heavy (non-hydrogen) atoms. The smallest absolute Gasteiger partial charge is 0.862 e. The summed E-state index contributed by atoms with van der Waals surface area (Å²) in [5.74, 6) is -2.68. The molecule has 0 saturated carbocycles. The zero-order chi connectivity index (χ0) is 23.2. The second kappa shape index (κ2) is 28.3. The summed E-state index contributed by atoms with van der Waals surface area (Å²) in [6.45, 7) is 1.56. The molecule has 0 aromatic carbocycles.